The monoisotopic (exact) mass is 369 g/mol. The van der Waals surface area contributed by atoms with Crippen LogP contribution in [0.15, 0.2) is 40.9 Å². The van der Waals surface area contributed by atoms with Gasteiger partial charge in [0.25, 0.3) is 0 Å². The molecule has 0 saturated carbocycles. The molecule has 1 atom stereocenters. The Morgan fingerprint density at radius 3 is 2.71 bits per heavy atom. The number of halogens is 3. The maximum atomic E-state index is 13.7. The van der Waals surface area contributed by atoms with E-state index in [-0.39, 0.29) is 11.9 Å². The van der Waals surface area contributed by atoms with E-state index in [2.05, 4.69) is 34.2 Å². The van der Waals surface area contributed by atoms with Gasteiger partial charge in [-0.25, -0.2) is 4.39 Å². The van der Waals surface area contributed by atoms with Gasteiger partial charge < -0.3 is 5.32 Å². The van der Waals surface area contributed by atoms with Crippen LogP contribution in [0.4, 0.5) is 4.39 Å². The smallest absolute Gasteiger partial charge is 0.137 e. The number of rotatable bonds is 5. The van der Waals surface area contributed by atoms with E-state index in [4.69, 9.17) is 11.6 Å². The number of nitrogens with one attached hydrogen (secondary N) is 1. The largest absolute Gasteiger partial charge is 0.310 e. The van der Waals surface area contributed by atoms with Crippen molar-refractivity contribution in [3.05, 3.63) is 68.4 Å². The van der Waals surface area contributed by atoms with Crippen LogP contribution in [0.5, 0.6) is 0 Å². The van der Waals surface area contributed by atoms with Gasteiger partial charge in [0.2, 0.25) is 0 Å². The maximum Gasteiger partial charge on any atom is 0.137 e. The molecule has 0 aromatic heterocycles. The van der Waals surface area contributed by atoms with Crippen molar-refractivity contribution in [1.82, 2.24) is 5.32 Å². The second-order valence-corrected chi connectivity index (χ2v) is 6.24. The molecular formula is C17H18BrClFN. The third-order valence-electron chi connectivity index (χ3n) is 3.49. The highest BCUT2D eigenvalue weighted by atomic mass is 79.9. The molecule has 2 aromatic carbocycles. The van der Waals surface area contributed by atoms with Crippen LogP contribution in [-0.2, 0) is 6.42 Å². The Morgan fingerprint density at radius 2 is 2.05 bits per heavy atom. The zero-order valence-corrected chi connectivity index (χ0v) is 14.4. The van der Waals surface area contributed by atoms with Crippen molar-refractivity contribution in [2.24, 2.45) is 0 Å². The van der Waals surface area contributed by atoms with E-state index in [0.717, 1.165) is 28.3 Å². The predicted octanol–water partition coefficient (Wildman–Crippen LogP) is 5.44. The van der Waals surface area contributed by atoms with E-state index in [0.29, 0.717) is 10.9 Å². The molecule has 21 heavy (non-hydrogen) atoms. The highest BCUT2D eigenvalue weighted by Crippen LogP contribution is 2.27. The molecule has 0 spiro atoms. The van der Waals surface area contributed by atoms with Gasteiger partial charge in [-0.2, -0.15) is 0 Å². The Hall–Kier alpha value is -0.900. The van der Waals surface area contributed by atoms with Crippen molar-refractivity contribution < 1.29 is 4.39 Å². The molecule has 0 amide bonds. The molecule has 112 valence electrons. The molecule has 1 N–H and O–H groups in total. The Kier molecular flexibility index (Phi) is 5.80. The molecule has 2 aromatic rings. The van der Waals surface area contributed by atoms with Crippen LogP contribution in [0, 0.1) is 12.7 Å². The third kappa shape index (κ3) is 4.06. The Bertz CT molecular complexity index is 630. The fourth-order valence-corrected chi connectivity index (χ4v) is 2.91. The van der Waals surface area contributed by atoms with Crippen molar-refractivity contribution >= 4 is 27.5 Å². The highest BCUT2D eigenvalue weighted by Gasteiger charge is 2.15. The molecule has 0 saturated heterocycles. The minimum Gasteiger partial charge on any atom is -0.310 e. The average molecular weight is 371 g/mol. The Morgan fingerprint density at radius 1 is 1.29 bits per heavy atom. The molecule has 1 nitrogen and oxygen atoms in total. The zero-order valence-electron chi connectivity index (χ0n) is 12.1. The van der Waals surface area contributed by atoms with Gasteiger partial charge in [-0.05, 0) is 64.6 Å². The number of likely N-dealkylation sites (N-methyl/N-ethyl adjacent to an activating group) is 1. The van der Waals surface area contributed by atoms with Crippen LogP contribution in [-0.4, -0.2) is 6.54 Å². The fourth-order valence-electron chi connectivity index (χ4n) is 2.36. The number of aryl methyl sites for hydroxylation is 1. The zero-order chi connectivity index (χ0) is 15.4. The summed E-state index contributed by atoms with van der Waals surface area (Å²) in [7, 11) is 0. The lowest BCUT2D eigenvalue weighted by atomic mass is 9.97. The van der Waals surface area contributed by atoms with Gasteiger partial charge in [0.05, 0.1) is 4.47 Å². The van der Waals surface area contributed by atoms with Crippen molar-refractivity contribution in [2.45, 2.75) is 26.3 Å². The van der Waals surface area contributed by atoms with Crippen LogP contribution >= 0.6 is 27.5 Å². The molecule has 0 aliphatic heterocycles. The van der Waals surface area contributed by atoms with Crippen LogP contribution in [0.25, 0.3) is 0 Å². The van der Waals surface area contributed by atoms with Crippen molar-refractivity contribution in [3.63, 3.8) is 0 Å². The van der Waals surface area contributed by atoms with Gasteiger partial charge in [0, 0.05) is 11.1 Å². The summed E-state index contributed by atoms with van der Waals surface area (Å²) in [5.74, 6) is -0.227. The van der Waals surface area contributed by atoms with E-state index in [1.807, 2.05) is 25.1 Å². The van der Waals surface area contributed by atoms with Crippen LogP contribution in [0.3, 0.4) is 0 Å². The van der Waals surface area contributed by atoms with Gasteiger partial charge in [0.15, 0.2) is 0 Å². The van der Waals surface area contributed by atoms with Gasteiger partial charge in [0.1, 0.15) is 5.82 Å². The molecule has 0 fully saturated rings. The van der Waals surface area contributed by atoms with Crippen molar-refractivity contribution in [2.75, 3.05) is 6.54 Å². The van der Waals surface area contributed by atoms with Gasteiger partial charge in [-0.3, -0.25) is 0 Å². The van der Waals surface area contributed by atoms with Crippen LogP contribution in [0.2, 0.25) is 5.02 Å². The molecule has 0 aliphatic carbocycles. The minimum absolute atomic E-state index is 0.129. The first kappa shape index (κ1) is 16.5. The van der Waals surface area contributed by atoms with Crippen molar-refractivity contribution in [3.8, 4) is 0 Å². The standard InChI is InChI=1S/C17H18BrClFN/c1-3-21-16(12-7-8-14(19)11(2)9-12)10-13-5-4-6-15(20)17(13)18/h4-9,16,21H,3,10H2,1-2H3. The molecule has 2 rings (SSSR count). The van der Waals surface area contributed by atoms with Gasteiger partial charge >= 0.3 is 0 Å². The number of hydrogen-bond donors (Lipinski definition) is 1. The molecule has 0 radical (unpaired) electrons. The predicted molar refractivity (Wildman–Crippen MR) is 90.4 cm³/mol. The topological polar surface area (TPSA) is 12.0 Å². The lowest BCUT2D eigenvalue weighted by molar-refractivity contribution is 0.544. The first-order valence-corrected chi connectivity index (χ1v) is 8.12. The Balaban J connectivity index is 2.30. The van der Waals surface area contributed by atoms with E-state index >= 15 is 0 Å². The molecule has 0 bridgehead atoms. The minimum atomic E-state index is -0.227. The molecule has 1 unspecified atom stereocenters. The Labute approximate surface area is 138 Å². The van der Waals surface area contributed by atoms with E-state index in [1.165, 1.54) is 6.07 Å². The third-order valence-corrected chi connectivity index (χ3v) is 4.80. The second-order valence-electron chi connectivity index (χ2n) is 5.04. The van der Waals surface area contributed by atoms with Crippen LogP contribution < -0.4 is 5.32 Å². The summed E-state index contributed by atoms with van der Waals surface area (Å²) >= 11 is 9.43. The van der Waals surface area contributed by atoms with Gasteiger partial charge in [-0.1, -0.05) is 42.8 Å². The highest BCUT2D eigenvalue weighted by molar-refractivity contribution is 9.10. The summed E-state index contributed by atoms with van der Waals surface area (Å²) in [6, 6.07) is 11.3. The summed E-state index contributed by atoms with van der Waals surface area (Å²) < 4.78 is 14.2. The first-order valence-electron chi connectivity index (χ1n) is 6.95. The van der Waals surface area contributed by atoms with E-state index in [1.54, 1.807) is 6.07 Å². The summed E-state index contributed by atoms with van der Waals surface area (Å²) in [5.41, 5.74) is 3.17. The maximum absolute atomic E-state index is 13.7. The van der Waals surface area contributed by atoms with Crippen molar-refractivity contribution in [1.29, 1.82) is 0 Å². The summed E-state index contributed by atoms with van der Waals surface area (Å²) in [5, 5.41) is 4.22. The van der Waals surface area contributed by atoms with Crippen LogP contribution in [0.1, 0.15) is 29.7 Å². The molecule has 0 aliphatic rings. The fraction of sp³-hybridized carbons (Fsp3) is 0.294. The van der Waals surface area contributed by atoms with E-state index < -0.39 is 0 Å². The summed E-state index contributed by atoms with van der Waals surface area (Å²) in [6.45, 7) is 4.91. The second kappa shape index (κ2) is 7.39. The molecule has 4 heteroatoms. The average Bonchev–Trinajstić information content (AvgIpc) is 2.46. The number of hydrogen-bond acceptors (Lipinski definition) is 1. The van der Waals surface area contributed by atoms with Gasteiger partial charge in [-0.15, -0.1) is 0 Å². The van der Waals surface area contributed by atoms with E-state index in [9.17, 15) is 4.39 Å². The first-order chi connectivity index (χ1) is 10.0. The summed E-state index contributed by atoms with van der Waals surface area (Å²) in [4.78, 5) is 0. The lowest BCUT2D eigenvalue weighted by Gasteiger charge is -2.20. The summed E-state index contributed by atoms with van der Waals surface area (Å²) in [6.07, 6.45) is 0.716. The lowest BCUT2D eigenvalue weighted by Crippen LogP contribution is -2.23. The molecule has 0 heterocycles. The quantitative estimate of drug-likeness (QED) is 0.738. The normalized spacial score (nSPS) is 12.4. The SMILES string of the molecule is CCNC(Cc1cccc(F)c1Br)c1ccc(Cl)c(C)c1. The number of benzene rings is 2. The molecular weight excluding hydrogens is 353 g/mol.